The van der Waals surface area contributed by atoms with Crippen LogP contribution in [0.1, 0.15) is 53.4 Å². The van der Waals surface area contributed by atoms with Gasteiger partial charge >= 0.3 is 0 Å². The third-order valence-electron chi connectivity index (χ3n) is 4.32. The summed E-state index contributed by atoms with van der Waals surface area (Å²) in [6, 6.07) is -2.27. The molecular weight excluding hydrogens is 348 g/mol. The van der Waals surface area contributed by atoms with Gasteiger partial charge < -0.3 is 27.4 Å². The van der Waals surface area contributed by atoms with Crippen molar-refractivity contribution in [1.82, 2.24) is 16.0 Å². The molecule has 4 atom stereocenters. The summed E-state index contributed by atoms with van der Waals surface area (Å²) in [5.41, 5.74) is 11.1. The first-order chi connectivity index (χ1) is 12.6. The lowest BCUT2D eigenvalue weighted by Gasteiger charge is -2.24. The predicted molar refractivity (Wildman–Crippen MR) is 106 cm³/mol. The van der Waals surface area contributed by atoms with Crippen molar-refractivity contribution in [3.05, 3.63) is 0 Å². The molecule has 0 bridgehead atoms. The SMILES string of the molecule is CC[C@H](C)[C@@H]([C]=O)NC(=O)[C@@H](CCCNC(=N)N)NC(=O)[C@@H](N)CC(C)C. The summed E-state index contributed by atoms with van der Waals surface area (Å²) in [7, 11) is 0. The van der Waals surface area contributed by atoms with Crippen molar-refractivity contribution < 1.29 is 14.4 Å². The average molecular weight is 384 g/mol. The maximum Gasteiger partial charge on any atom is 0.243 e. The summed E-state index contributed by atoms with van der Waals surface area (Å²) in [6.45, 7) is 8.07. The fourth-order valence-corrected chi connectivity index (χ4v) is 2.47. The highest BCUT2D eigenvalue weighted by Gasteiger charge is 2.27. The normalized spacial score (nSPS) is 15.3. The molecule has 0 aliphatic rings. The van der Waals surface area contributed by atoms with E-state index >= 15 is 0 Å². The molecule has 0 rings (SSSR count). The molecule has 0 fully saturated rings. The first-order valence-corrected chi connectivity index (χ1v) is 9.44. The lowest BCUT2D eigenvalue weighted by Crippen LogP contribution is -2.54. The molecule has 0 saturated heterocycles. The van der Waals surface area contributed by atoms with E-state index < -0.39 is 29.9 Å². The topological polar surface area (TPSA) is 163 Å². The molecule has 155 valence electrons. The first kappa shape index (κ1) is 24.8. The van der Waals surface area contributed by atoms with Crippen LogP contribution in [0.2, 0.25) is 0 Å². The zero-order valence-corrected chi connectivity index (χ0v) is 16.8. The Bertz CT molecular complexity index is 497. The minimum Gasteiger partial charge on any atom is -0.370 e. The van der Waals surface area contributed by atoms with Crippen LogP contribution < -0.4 is 27.4 Å². The van der Waals surface area contributed by atoms with Crippen LogP contribution >= 0.6 is 0 Å². The van der Waals surface area contributed by atoms with Crippen LogP contribution in [0.4, 0.5) is 0 Å². The zero-order chi connectivity index (χ0) is 21.0. The maximum atomic E-state index is 12.6. The predicted octanol–water partition coefficient (Wildman–Crippen LogP) is -0.252. The van der Waals surface area contributed by atoms with E-state index in [0.29, 0.717) is 32.2 Å². The lowest BCUT2D eigenvalue weighted by molar-refractivity contribution is -0.130. The van der Waals surface area contributed by atoms with Crippen LogP contribution in [0.5, 0.6) is 0 Å². The highest BCUT2D eigenvalue weighted by molar-refractivity contribution is 5.90. The van der Waals surface area contributed by atoms with Gasteiger partial charge in [-0.25, -0.2) is 0 Å². The van der Waals surface area contributed by atoms with E-state index in [1.807, 2.05) is 34.0 Å². The van der Waals surface area contributed by atoms with Gasteiger partial charge in [0.05, 0.1) is 12.1 Å². The molecule has 0 heterocycles. The molecule has 0 aliphatic heterocycles. The van der Waals surface area contributed by atoms with Gasteiger partial charge in [0.2, 0.25) is 18.1 Å². The Morgan fingerprint density at radius 2 is 1.78 bits per heavy atom. The van der Waals surface area contributed by atoms with Gasteiger partial charge in [0, 0.05) is 6.54 Å². The third-order valence-corrected chi connectivity index (χ3v) is 4.32. The lowest BCUT2D eigenvalue weighted by atomic mass is 9.99. The van der Waals surface area contributed by atoms with E-state index in [1.54, 1.807) is 0 Å². The molecule has 9 nitrogen and oxygen atoms in total. The first-order valence-electron chi connectivity index (χ1n) is 9.44. The van der Waals surface area contributed by atoms with Crippen LogP contribution in [0.3, 0.4) is 0 Å². The molecule has 0 aliphatic carbocycles. The smallest absolute Gasteiger partial charge is 0.243 e. The Morgan fingerprint density at radius 1 is 1.15 bits per heavy atom. The highest BCUT2D eigenvalue weighted by Crippen LogP contribution is 2.08. The second kappa shape index (κ2) is 13.1. The van der Waals surface area contributed by atoms with Crippen LogP contribution in [-0.2, 0) is 14.4 Å². The number of nitrogens with one attached hydrogen (secondary N) is 4. The number of hydrogen-bond acceptors (Lipinski definition) is 5. The van der Waals surface area contributed by atoms with Crippen LogP contribution in [0.25, 0.3) is 0 Å². The Hall–Kier alpha value is -2.16. The standard InChI is InChI=1S/C18H35N6O3/c1-5-12(4)15(10-25)24-17(27)14(7-6-8-22-18(20)21)23-16(26)13(19)9-11(2)3/h11-15H,5-9,19H2,1-4H3,(H,23,26)(H,24,27)(H4,20,21,22)/t12-,13-,14+,15+/m0/s1. The number of rotatable bonds is 13. The van der Waals surface area contributed by atoms with Crippen molar-refractivity contribution in [2.75, 3.05) is 6.54 Å². The van der Waals surface area contributed by atoms with E-state index in [0.717, 1.165) is 0 Å². The second-order valence-electron chi connectivity index (χ2n) is 7.27. The minimum absolute atomic E-state index is 0.0645. The third kappa shape index (κ3) is 10.5. The van der Waals surface area contributed by atoms with Crippen molar-refractivity contribution in [3.8, 4) is 0 Å². The average Bonchev–Trinajstić information content (AvgIpc) is 2.60. The van der Waals surface area contributed by atoms with Gasteiger partial charge in [0.1, 0.15) is 6.04 Å². The van der Waals surface area contributed by atoms with Crippen molar-refractivity contribution in [2.45, 2.75) is 71.5 Å². The van der Waals surface area contributed by atoms with Gasteiger partial charge in [0.15, 0.2) is 5.96 Å². The number of guanidine groups is 1. The molecule has 2 amide bonds. The number of carbonyl (C=O) groups is 2. The van der Waals surface area contributed by atoms with E-state index in [4.69, 9.17) is 16.9 Å². The summed E-state index contributed by atoms with van der Waals surface area (Å²) in [5, 5.41) is 15.1. The molecule has 1 radical (unpaired) electrons. The van der Waals surface area contributed by atoms with E-state index in [-0.39, 0.29) is 17.8 Å². The second-order valence-corrected chi connectivity index (χ2v) is 7.27. The van der Waals surface area contributed by atoms with Crippen molar-refractivity contribution in [2.24, 2.45) is 23.3 Å². The molecule has 27 heavy (non-hydrogen) atoms. The molecule has 0 aromatic heterocycles. The molecule has 0 unspecified atom stereocenters. The van der Waals surface area contributed by atoms with Gasteiger partial charge in [-0.3, -0.25) is 19.8 Å². The van der Waals surface area contributed by atoms with Crippen LogP contribution in [-0.4, -0.2) is 48.7 Å². The Balaban J connectivity index is 4.98. The van der Waals surface area contributed by atoms with Crippen molar-refractivity contribution in [3.63, 3.8) is 0 Å². The summed E-state index contributed by atoms with van der Waals surface area (Å²) < 4.78 is 0. The molecule has 0 aromatic rings. The quantitative estimate of drug-likeness (QED) is 0.146. The fourth-order valence-electron chi connectivity index (χ4n) is 2.47. The molecule has 8 N–H and O–H groups in total. The van der Waals surface area contributed by atoms with Gasteiger partial charge in [0.25, 0.3) is 0 Å². The monoisotopic (exact) mass is 383 g/mol. The fraction of sp³-hybridized carbons (Fsp3) is 0.778. The Morgan fingerprint density at radius 3 is 2.26 bits per heavy atom. The van der Waals surface area contributed by atoms with Gasteiger partial charge in [-0.15, -0.1) is 0 Å². The van der Waals surface area contributed by atoms with Crippen LogP contribution in [0, 0.1) is 17.2 Å². The maximum absolute atomic E-state index is 12.6. The molecule has 0 spiro atoms. The minimum atomic E-state index is -0.829. The van der Waals surface area contributed by atoms with Crippen molar-refractivity contribution in [1.29, 1.82) is 5.41 Å². The molecule has 0 saturated carbocycles. The van der Waals surface area contributed by atoms with Gasteiger partial charge in [-0.2, -0.15) is 0 Å². The van der Waals surface area contributed by atoms with E-state index in [9.17, 15) is 14.4 Å². The summed E-state index contributed by atoms with van der Waals surface area (Å²) in [5.74, 6) is -0.830. The van der Waals surface area contributed by atoms with E-state index in [1.165, 1.54) is 0 Å². The number of carbonyl (C=O) groups excluding carboxylic acids is 3. The summed E-state index contributed by atoms with van der Waals surface area (Å²) in [6.07, 6.45) is 3.87. The number of hydrogen-bond donors (Lipinski definition) is 6. The molecule has 0 aromatic carbocycles. The largest absolute Gasteiger partial charge is 0.370 e. The zero-order valence-electron chi connectivity index (χ0n) is 16.8. The number of amides is 2. The Labute approximate surface area is 161 Å². The Kier molecular flexibility index (Phi) is 12.0. The summed E-state index contributed by atoms with van der Waals surface area (Å²) >= 11 is 0. The molecular formula is C18H35N6O3. The van der Waals surface area contributed by atoms with E-state index in [2.05, 4.69) is 16.0 Å². The van der Waals surface area contributed by atoms with Gasteiger partial charge in [-0.05, 0) is 31.1 Å². The number of nitrogens with two attached hydrogens (primary N) is 2. The van der Waals surface area contributed by atoms with Crippen molar-refractivity contribution >= 4 is 24.1 Å². The highest BCUT2D eigenvalue weighted by atomic mass is 16.2. The summed E-state index contributed by atoms with van der Waals surface area (Å²) in [4.78, 5) is 36.1. The molecule has 9 heteroatoms. The van der Waals surface area contributed by atoms with Gasteiger partial charge in [-0.1, -0.05) is 34.1 Å². The van der Waals surface area contributed by atoms with Crippen LogP contribution in [0.15, 0.2) is 0 Å².